The van der Waals surface area contributed by atoms with E-state index in [2.05, 4.69) is 17.1 Å². The van der Waals surface area contributed by atoms with Crippen LogP contribution in [0.2, 0.25) is 0 Å². The summed E-state index contributed by atoms with van der Waals surface area (Å²) in [6.07, 6.45) is 6.45. The molecule has 1 N–H and O–H groups in total. The highest BCUT2D eigenvalue weighted by molar-refractivity contribution is 4.81. The molecule has 0 aromatic carbocycles. The zero-order chi connectivity index (χ0) is 11.2. The Balaban J connectivity index is 1.64. The third kappa shape index (κ3) is 3.72. The lowest BCUT2D eigenvalue weighted by Crippen LogP contribution is -2.48. The lowest BCUT2D eigenvalue weighted by molar-refractivity contribution is 0.0613. The van der Waals surface area contributed by atoms with Gasteiger partial charge in [-0.15, -0.1) is 0 Å². The molecule has 1 atom stereocenters. The van der Waals surface area contributed by atoms with Crippen LogP contribution in [-0.4, -0.2) is 49.8 Å². The zero-order valence-electron chi connectivity index (χ0n) is 10.6. The molecule has 0 aromatic rings. The molecule has 0 saturated carbocycles. The van der Waals surface area contributed by atoms with Crippen molar-refractivity contribution in [3.8, 4) is 0 Å². The van der Waals surface area contributed by atoms with Gasteiger partial charge in [0.2, 0.25) is 0 Å². The fourth-order valence-electron chi connectivity index (χ4n) is 2.84. The Labute approximate surface area is 99.5 Å². The third-order valence-corrected chi connectivity index (χ3v) is 3.76. The topological polar surface area (TPSA) is 24.5 Å². The number of hydrogen-bond donors (Lipinski definition) is 1. The summed E-state index contributed by atoms with van der Waals surface area (Å²) in [6.45, 7) is 7.99. The Hall–Kier alpha value is -0.120. The van der Waals surface area contributed by atoms with Gasteiger partial charge in [-0.05, 0) is 51.7 Å². The molecule has 0 spiro atoms. The van der Waals surface area contributed by atoms with Gasteiger partial charge in [0.05, 0.1) is 6.61 Å². The van der Waals surface area contributed by atoms with Crippen molar-refractivity contribution in [2.45, 2.75) is 51.1 Å². The van der Waals surface area contributed by atoms with Gasteiger partial charge in [0.15, 0.2) is 0 Å². The van der Waals surface area contributed by atoms with Crippen molar-refractivity contribution in [3.63, 3.8) is 0 Å². The number of nitrogens with one attached hydrogen (secondary N) is 1. The number of nitrogens with zero attached hydrogens (tertiary/aromatic N) is 1. The van der Waals surface area contributed by atoms with Gasteiger partial charge in [-0.2, -0.15) is 0 Å². The summed E-state index contributed by atoms with van der Waals surface area (Å²) in [6, 6.07) is 1.36. The van der Waals surface area contributed by atoms with E-state index in [1.807, 2.05) is 0 Å². The quantitative estimate of drug-likeness (QED) is 0.788. The van der Waals surface area contributed by atoms with E-state index >= 15 is 0 Å². The van der Waals surface area contributed by atoms with E-state index in [0.29, 0.717) is 6.04 Å². The Morgan fingerprint density at radius 3 is 2.62 bits per heavy atom. The van der Waals surface area contributed by atoms with E-state index in [0.717, 1.165) is 19.3 Å². The molecule has 0 radical (unpaired) electrons. The molecule has 2 aliphatic rings. The molecule has 0 aliphatic carbocycles. The number of piperidine rings is 1. The lowest BCUT2D eigenvalue weighted by atomic mass is 10.0. The average molecular weight is 226 g/mol. The van der Waals surface area contributed by atoms with Gasteiger partial charge >= 0.3 is 0 Å². The maximum atomic E-state index is 5.51. The van der Waals surface area contributed by atoms with Gasteiger partial charge in [-0.25, -0.2) is 0 Å². The number of likely N-dealkylation sites (tertiary alicyclic amines) is 1. The van der Waals surface area contributed by atoms with Crippen LogP contribution in [-0.2, 0) is 4.74 Å². The Bertz CT molecular complexity index is 184. The first-order chi connectivity index (χ1) is 7.88. The minimum Gasteiger partial charge on any atom is -0.380 e. The lowest BCUT2D eigenvalue weighted by Gasteiger charge is -2.35. The summed E-state index contributed by atoms with van der Waals surface area (Å²) in [5.41, 5.74) is 0. The van der Waals surface area contributed by atoms with Crippen molar-refractivity contribution in [1.82, 2.24) is 10.2 Å². The van der Waals surface area contributed by atoms with Gasteiger partial charge in [0.25, 0.3) is 0 Å². The van der Waals surface area contributed by atoms with E-state index in [1.165, 1.54) is 51.7 Å². The zero-order valence-corrected chi connectivity index (χ0v) is 10.6. The summed E-state index contributed by atoms with van der Waals surface area (Å²) in [5.74, 6) is 0. The first-order valence-electron chi connectivity index (χ1n) is 6.94. The SMILES string of the molecule is CCCN1CCC(NC2CCCOC2)CC1. The van der Waals surface area contributed by atoms with Crippen molar-refractivity contribution in [2.24, 2.45) is 0 Å². The fraction of sp³-hybridized carbons (Fsp3) is 1.00. The molecule has 2 fully saturated rings. The maximum absolute atomic E-state index is 5.51. The first-order valence-corrected chi connectivity index (χ1v) is 6.94. The van der Waals surface area contributed by atoms with Crippen molar-refractivity contribution < 1.29 is 4.74 Å². The number of rotatable bonds is 4. The normalized spacial score (nSPS) is 29.4. The monoisotopic (exact) mass is 226 g/mol. The smallest absolute Gasteiger partial charge is 0.0619 e. The molecule has 2 rings (SSSR count). The molecule has 0 amide bonds. The highest BCUT2D eigenvalue weighted by Gasteiger charge is 2.22. The van der Waals surface area contributed by atoms with E-state index in [4.69, 9.17) is 4.74 Å². The van der Waals surface area contributed by atoms with Crippen LogP contribution in [0.15, 0.2) is 0 Å². The average Bonchev–Trinajstić information content (AvgIpc) is 2.33. The predicted molar refractivity (Wildman–Crippen MR) is 66.7 cm³/mol. The van der Waals surface area contributed by atoms with Crippen LogP contribution in [0.1, 0.15) is 39.0 Å². The van der Waals surface area contributed by atoms with Crippen LogP contribution in [0.3, 0.4) is 0 Å². The molecular formula is C13H26N2O. The molecule has 2 heterocycles. The third-order valence-electron chi connectivity index (χ3n) is 3.76. The molecule has 1 unspecified atom stereocenters. The second kappa shape index (κ2) is 6.58. The molecule has 16 heavy (non-hydrogen) atoms. The highest BCUT2D eigenvalue weighted by atomic mass is 16.5. The molecular weight excluding hydrogens is 200 g/mol. The van der Waals surface area contributed by atoms with Gasteiger partial charge < -0.3 is 15.0 Å². The molecule has 3 heteroatoms. The first kappa shape index (κ1) is 12.3. The molecule has 3 nitrogen and oxygen atoms in total. The van der Waals surface area contributed by atoms with Crippen LogP contribution in [0, 0.1) is 0 Å². The number of hydrogen-bond acceptors (Lipinski definition) is 3. The minimum absolute atomic E-state index is 0.622. The van der Waals surface area contributed by atoms with Gasteiger partial charge in [-0.1, -0.05) is 6.92 Å². The Morgan fingerprint density at radius 2 is 2.00 bits per heavy atom. The van der Waals surface area contributed by atoms with E-state index in [1.54, 1.807) is 0 Å². The van der Waals surface area contributed by atoms with Crippen molar-refractivity contribution in [1.29, 1.82) is 0 Å². The highest BCUT2D eigenvalue weighted by Crippen LogP contribution is 2.14. The molecule has 2 aliphatic heterocycles. The van der Waals surface area contributed by atoms with Crippen molar-refractivity contribution in [2.75, 3.05) is 32.8 Å². The van der Waals surface area contributed by atoms with Crippen LogP contribution in [0.5, 0.6) is 0 Å². The van der Waals surface area contributed by atoms with Crippen molar-refractivity contribution >= 4 is 0 Å². The summed E-state index contributed by atoms with van der Waals surface area (Å²) in [7, 11) is 0. The minimum atomic E-state index is 0.622. The number of ether oxygens (including phenoxy) is 1. The van der Waals surface area contributed by atoms with Gasteiger partial charge in [0, 0.05) is 18.7 Å². The molecule has 0 aromatic heterocycles. The van der Waals surface area contributed by atoms with E-state index in [9.17, 15) is 0 Å². The van der Waals surface area contributed by atoms with E-state index < -0.39 is 0 Å². The fourth-order valence-corrected chi connectivity index (χ4v) is 2.84. The summed E-state index contributed by atoms with van der Waals surface area (Å²) < 4.78 is 5.51. The van der Waals surface area contributed by atoms with Crippen LogP contribution >= 0.6 is 0 Å². The van der Waals surface area contributed by atoms with Gasteiger partial charge in [-0.3, -0.25) is 0 Å². The molecule has 0 bridgehead atoms. The second-order valence-corrected chi connectivity index (χ2v) is 5.20. The summed E-state index contributed by atoms with van der Waals surface area (Å²) in [4.78, 5) is 2.59. The van der Waals surface area contributed by atoms with Crippen LogP contribution < -0.4 is 5.32 Å². The maximum Gasteiger partial charge on any atom is 0.0619 e. The predicted octanol–water partition coefficient (Wildman–Crippen LogP) is 1.63. The molecule has 2 saturated heterocycles. The van der Waals surface area contributed by atoms with E-state index in [-0.39, 0.29) is 0 Å². The van der Waals surface area contributed by atoms with Crippen LogP contribution in [0.25, 0.3) is 0 Å². The van der Waals surface area contributed by atoms with Gasteiger partial charge in [0.1, 0.15) is 0 Å². The Kier molecular flexibility index (Phi) is 5.07. The van der Waals surface area contributed by atoms with Crippen molar-refractivity contribution in [3.05, 3.63) is 0 Å². The largest absolute Gasteiger partial charge is 0.380 e. The summed E-state index contributed by atoms with van der Waals surface area (Å²) >= 11 is 0. The standard InChI is InChI=1S/C13H26N2O/c1-2-7-15-8-5-12(6-9-15)14-13-4-3-10-16-11-13/h12-14H,2-11H2,1H3. The van der Waals surface area contributed by atoms with Crippen LogP contribution in [0.4, 0.5) is 0 Å². The second-order valence-electron chi connectivity index (χ2n) is 5.20. The molecule has 94 valence electrons. The Morgan fingerprint density at radius 1 is 1.19 bits per heavy atom. The summed E-state index contributed by atoms with van der Waals surface area (Å²) in [5, 5.41) is 3.77.